The molecule has 0 bridgehead atoms. The van der Waals surface area contributed by atoms with Gasteiger partial charge in [0.15, 0.2) is 0 Å². The SMILES string of the molecule is C#COP(=S)(C=C=O)Oc1ncn(-c2ccccc2)n1. The van der Waals surface area contributed by atoms with Crippen LogP contribution < -0.4 is 4.52 Å². The van der Waals surface area contributed by atoms with Crippen LogP contribution in [0.3, 0.4) is 0 Å². The minimum absolute atomic E-state index is 0.0288. The van der Waals surface area contributed by atoms with Crippen LogP contribution in [-0.2, 0) is 21.1 Å². The van der Waals surface area contributed by atoms with E-state index >= 15 is 0 Å². The van der Waals surface area contributed by atoms with Crippen LogP contribution in [0.1, 0.15) is 0 Å². The van der Waals surface area contributed by atoms with Crippen molar-refractivity contribution in [3.8, 4) is 24.2 Å². The van der Waals surface area contributed by atoms with Crippen molar-refractivity contribution in [2.24, 2.45) is 0 Å². The van der Waals surface area contributed by atoms with E-state index in [4.69, 9.17) is 27.3 Å². The first kappa shape index (κ1) is 14.0. The number of hydrogen-bond donors (Lipinski definition) is 0. The summed E-state index contributed by atoms with van der Waals surface area (Å²) in [4.78, 5) is 14.4. The molecule has 0 aliphatic carbocycles. The van der Waals surface area contributed by atoms with E-state index < -0.39 is 6.49 Å². The third-order valence-corrected chi connectivity index (χ3v) is 4.05. The Hall–Kier alpha value is -2.38. The van der Waals surface area contributed by atoms with Crippen molar-refractivity contribution < 1.29 is 13.8 Å². The van der Waals surface area contributed by atoms with Crippen LogP contribution >= 0.6 is 6.49 Å². The van der Waals surface area contributed by atoms with Gasteiger partial charge in [0.05, 0.1) is 5.69 Å². The third kappa shape index (κ3) is 3.34. The second kappa shape index (κ2) is 6.18. The summed E-state index contributed by atoms with van der Waals surface area (Å²) < 4.78 is 11.6. The summed E-state index contributed by atoms with van der Waals surface area (Å²) in [6.07, 6.45) is 8.36. The number of rotatable bonds is 5. The fourth-order valence-electron chi connectivity index (χ4n) is 1.32. The van der Waals surface area contributed by atoms with Crippen LogP contribution in [0.25, 0.3) is 5.69 Å². The topological polar surface area (TPSA) is 66.2 Å². The molecule has 1 atom stereocenters. The van der Waals surface area contributed by atoms with Gasteiger partial charge in [0, 0.05) is 0 Å². The lowest BCUT2D eigenvalue weighted by Gasteiger charge is -2.11. The third-order valence-electron chi connectivity index (χ3n) is 2.09. The van der Waals surface area contributed by atoms with Crippen LogP contribution in [0, 0.1) is 12.5 Å². The zero-order chi connectivity index (χ0) is 14.4. The average Bonchev–Trinajstić information content (AvgIpc) is 2.88. The number of para-hydroxylation sites is 1. The molecule has 6 nitrogen and oxygen atoms in total. The highest BCUT2D eigenvalue weighted by Gasteiger charge is 2.20. The van der Waals surface area contributed by atoms with E-state index in [9.17, 15) is 4.79 Å². The molecule has 1 aromatic carbocycles. The largest absolute Gasteiger partial charge is 0.396 e. The lowest BCUT2D eigenvalue weighted by Crippen LogP contribution is -1.97. The number of benzene rings is 1. The predicted molar refractivity (Wildman–Crippen MR) is 76.5 cm³/mol. The molecule has 0 aliphatic heterocycles. The van der Waals surface area contributed by atoms with Gasteiger partial charge in [0.2, 0.25) is 0 Å². The fourth-order valence-corrected chi connectivity index (χ4v) is 2.51. The molecule has 0 radical (unpaired) electrons. The molecule has 0 fully saturated rings. The van der Waals surface area contributed by atoms with Gasteiger partial charge in [-0.05, 0) is 23.9 Å². The second-order valence-corrected chi connectivity index (χ2v) is 6.62. The average molecular weight is 305 g/mol. The first-order chi connectivity index (χ1) is 9.67. The monoisotopic (exact) mass is 305 g/mol. The van der Waals surface area contributed by atoms with E-state index in [-0.39, 0.29) is 6.01 Å². The van der Waals surface area contributed by atoms with Gasteiger partial charge in [-0.15, -0.1) is 5.10 Å². The summed E-state index contributed by atoms with van der Waals surface area (Å²) in [6, 6.07) is 9.26. The molecule has 1 aromatic heterocycles. The molecule has 20 heavy (non-hydrogen) atoms. The number of hydrogen-bond acceptors (Lipinski definition) is 6. The molecule has 2 aromatic rings. The van der Waals surface area contributed by atoms with E-state index in [0.29, 0.717) is 0 Å². The molecule has 0 amide bonds. The molecular formula is C12H8N3O3PS. The van der Waals surface area contributed by atoms with Crippen molar-refractivity contribution in [1.29, 1.82) is 0 Å². The minimum atomic E-state index is -3.11. The van der Waals surface area contributed by atoms with Gasteiger partial charge in [-0.2, -0.15) is 4.98 Å². The molecule has 0 saturated carbocycles. The molecular weight excluding hydrogens is 297 g/mol. The summed E-state index contributed by atoms with van der Waals surface area (Å²) in [5.74, 6) is 2.45. The predicted octanol–water partition coefficient (Wildman–Crippen LogP) is 1.91. The van der Waals surface area contributed by atoms with Crippen molar-refractivity contribution in [3.63, 3.8) is 0 Å². The number of nitrogens with zero attached hydrogens (tertiary/aromatic N) is 3. The summed E-state index contributed by atoms with van der Waals surface area (Å²) in [5, 5.41) is 4.08. The molecule has 8 heteroatoms. The molecule has 2 rings (SSSR count). The minimum Gasteiger partial charge on any atom is -0.396 e. The lowest BCUT2D eigenvalue weighted by molar-refractivity contribution is 0.454. The first-order valence-electron chi connectivity index (χ1n) is 5.29. The molecule has 0 N–H and O–H groups in total. The van der Waals surface area contributed by atoms with Crippen molar-refractivity contribution >= 4 is 24.2 Å². The lowest BCUT2D eigenvalue weighted by atomic mass is 10.3. The van der Waals surface area contributed by atoms with Gasteiger partial charge in [-0.25, -0.2) is 9.48 Å². The van der Waals surface area contributed by atoms with Crippen LogP contribution in [0.5, 0.6) is 6.01 Å². The Morgan fingerprint density at radius 2 is 2.15 bits per heavy atom. The van der Waals surface area contributed by atoms with Gasteiger partial charge in [0.1, 0.15) is 24.2 Å². The van der Waals surface area contributed by atoms with Crippen LogP contribution in [0.15, 0.2) is 42.5 Å². The van der Waals surface area contributed by atoms with Crippen molar-refractivity contribution in [2.45, 2.75) is 0 Å². The van der Waals surface area contributed by atoms with Gasteiger partial charge >= 0.3 is 12.5 Å². The van der Waals surface area contributed by atoms with Gasteiger partial charge < -0.3 is 9.05 Å². The van der Waals surface area contributed by atoms with Gasteiger partial charge in [0.25, 0.3) is 0 Å². The highest BCUT2D eigenvalue weighted by Crippen LogP contribution is 2.48. The number of aromatic nitrogens is 3. The van der Waals surface area contributed by atoms with Gasteiger partial charge in [-0.1, -0.05) is 24.6 Å². The quantitative estimate of drug-likeness (QED) is 0.477. The number of carbonyl (C=O) groups excluding carboxylic acids is 1. The van der Waals surface area contributed by atoms with E-state index in [2.05, 4.69) is 10.1 Å². The van der Waals surface area contributed by atoms with Crippen molar-refractivity contribution in [2.75, 3.05) is 0 Å². The van der Waals surface area contributed by atoms with Gasteiger partial charge in [-0.3, -0.25) is 0 Å². The Bertz CT molecular complexity index is 732. The van der Waals surface area contributed by atoms with Crippen molar-refractivity contribution in [1.82, 2.24) is 14.8 Å². The maximum atomic E-state index is 10.4. The maximum Gasteiger partial charge on any atom is 0.341 e. The van der Waals surface area contributed by atoms with E-state index in [1.54, 1.807) is 0 Å². The zero-order valence-electron chi connectivity index (χ0n) is 10.0. The Morgan fingerprint density at radius 1 is 1.40 bits per heavy atom. The summed E-state index contributed by atoms with van der Waals surface area (Å²) in [7, 11) is 0. The first-order valence-corrected chi connectivity index (χ1v) is 8.00. The molecule has 0 saturated heterocycles. The van der Waals surface area contributed by atoms with Crippen molar-refractivity contribution in [3.05, 3.63) is 42.5 Å². The molecule has 100 valence electrons. The molecule has 1 heterocycles. The summed E-state index contributed by atoms with van der Waals surface area (Å²) in [6.45, 7) is -3.11. The molecule has 1 unspecified atom stereocenters. The molecule has 0 aliphatic rings. The Balaban J connectivity index is 2.24. The van der Waals surface area contributed by atoms with E-state index in [1.807, 2.05) is 36.4 Å². The molecule has 0 spiro atoms. The van der Waals surface area contributed by atoms with Crippen LogP contribution in [0.2, 0.25) is 0 Å². The highest BCUT2D eigenvalue weighted by molar-refractivity contribution is 8.11. The van der Waals surface area contributed by atoms with Crippen LogP contribution in [-0.4, -0.2) is 20.7 Å². The smallest absolute Gasteiger partial charge is 0.341 e. The second-order valence-electron chi connectivity index (χ2n) is 3.39. The summed E-state index contributed by atoms with van der Waals surface area (Å²) in [5.41, 5.74) is 0.798. The Morgan fingerprint density at radius 3 is 2.80 bits per heavy atom. The zero-order valence-corrected chi connectivity index (χ0v) is 11.8. The number of terminal acetylenes is 1. The summed E-state index contributed by atoms with van der Waals surface area (Å²) >= 11 is 5.02. The Kier molecular flexibility index (Phi) is 4.34. The highest BCUT2D eigenvalue weighted by atomic mass is 32.5. The van der Waals surface area contributed by atoms with E-state index in [0.717, 1.165) is 11.5 Å². The normalized spacial score (nSPS) is 12.6. The standard InChI is InChI=1S/C12H8N3O3PS/c1-2-17-19(20,9-8-16)18-12-13-10-15(14-12)11-6-4-3-5-7-11/h1,3-7,9-10H. The fraction of sp³-hybridized carbons (Fsp3) is 0. The van der Waals surface area contributed by atoms with E-state index in [1.165, 1.54) is 17.0 Å². The Labute approximate surface area is 120 Å². The van der Waals surface area contributed by atoms with Crippen LogP contribution in [0.4, 0.5) is 0 Å². The maximum absolute atomic E-state index is 10.4.